The Morgan fingerprint density at radius 2 is 2.00 bits per heavy atom. The fourth-order valence-electron chi connectivity index (χ4n) is 6.16. The summed E-state index contributed by atoms with van der Waals surface area (Å²) in [6.45, 7) is 3.25. The summed E-state index contributed by atoms with van der Waals surface area (Å²) in [4.78, 5) is 49.1. The predicted molar refractivity (Wildman–Crippen MR) is 163 cm³/mol. The summed E-state index contributed by atoms with van der Waals surface area (Å²) in [6.07, 6.45) is 8.72. The molecule has 2 aromatic carbocycles. The molecular weight excluding hydrogens is 567 g/mol. The van der Waals surface area contributed by atoms with Gasteiger partial charge in [-0.2, -0.15) is 5.01 Å². The third kappa shape index (κ3) is 5.92. The highest BCUT2D eigenvalue weighted by molar-refractivity contribution is 7.16. The normalized spacial score (nSPS) is 20.5. The van der Waals surface area contributed by atoms with Crippen LogP contribution >= 0.6 is 11.3 Å². The molecule has 0 unspecified atom stereocenters. The molecule has 3 aromatic rings. The highest BCUT2D eigenvalue weighted by atomic mass is 32.1. The Morgan fingerprint density at radius 1 is 1.16 bits per heavy atom. The molecule has 3 heterocycles. The van der Waals surface area contributed by atoms with E-state index >= 15 is 0 Å². The van der Waals surface area contributed by atoms with Crippen molar-refractivity contribution in [1.29, 1.82) is 0 Å². The van der Waals surface area contributed by atoms with Gasteiger partial charge in [-0.15, -0.1) is 11.3 Å². The Balaban J connectivity index is 1.30. The van der Waals surface area contributed by atoms with Crippen LogP contribution < -0.4 is 5.32 Å². The summed E-state index contributed by atoms with van der Waals surface area (Å²) in [7, 11) is 0. The van der Waals surface area contributed by atoms with Crippen LogP contribution in [0.1, 0.15) is 37.3 Å². The van der Waals surface area contributed by atoms with Crippen molar-refractivity contribution in [3.63, 3.8) is 0 Å². The minimum absolute atomic E-state index is 0.0000245. The molecule has 224 valence electrons. The summed E-state index contributed by atoms with van der Waals surface area (Å²) in [5.74, 6) is -0.701. The lowest BCUT2D eigenvalue weighted by Crippen LogP contribution is -2.66. The van der Waals surface area contributed by atoms with Crippen LogP contribution in [0.3, 0.4) is 0 Å². The second-order valence-corrected chi connectivity index (χ2v) is 11.9. The quantitative estimate of drug-likeness (QED) is 0.391. The van der Waals surface area contributed by atoms with E-state index in [4.69, 9.17) is 0 Å². The predicted octanol–water partition coefficient (Wildman–Crippen LogP) is 4.47. The third-order valence-corrected chi connectivity index (χ3v) is 9.05. The van der Waals surface area contributed by atoms with Crippen LogP contribution in [0, 0.1) is 5.82 Å². The molecule has 6 rings (SSSR count). The Labute approximate surface area is 254 Å². The molecule has 1 N–H and O–H groups in total. The summed E-state index contributed by atoms with van der Waals surface area (Å²) in [5.41, 5.74) is 4.88. The van der Waals surface area contributed by atoms with Crippen LogP contribution in [0.5, 0.6) is 0 Å². The van der Waals surface area contributed by atoms with Crippen molar-refractivity contribution in [1.82, 2.24) is 30.1 Å². The molecule has 0 bridgehead atoms. The van der Waals surface area contributed by atoms with E-state index in [0.29, 0.717) is 36.1 Å². The van der Waals surface area contributed by atoms with Gasteiger partial charge in [-0.1, -0.05) is 61.5 Å². The summed E-state index contributed by atoms with van der Waals surface area (Å²) >= 11 is 1.23. The van der Waals surface area contributed by atoms with E-state index in [-0.39, 0.29) is 43.3 Å². The van der Waals surface area contributed by atoms with Crippen molar-refractivity contribution in [3.8, 4) is 0 Å². The van der Waals surface area contributed by atoms with E-state index in [2.05, 4.69) is 22.5 Å². The maximum absolute atomic E-state index is 14.4. The first kappa shape index (κ1) is 29.0. The maximum atomic E-state index is 14.4. The maximum Gasteiger partial charge on any atom is 0.332 e. The number of thiazole rings is 1. The molecule has 4 amide bonds. The second-order valence-electron chi connectivity index (χ2n) is 11.1. The van der Waals surface area contributed by atoms with Crippen molar-refractivity contribution in [2.45, 2.75) is 51.4 Å². The van der Waals surface area contributed by atoms with Gasteiger partial charge >= 0.3 is 6.03 Å². The van der Waals surface area contributed by atoms with Gasteiger partial charge in [0.05, 0.1) is 28.8 Å². The summed E-state index contributed by atoms with van der Waals surface area (Å²) in [5, 5.41) is 6.47. The van der Waals surface area contributed by atoms with Gasteiger partial charge in [0.1, 0.15) is 18.0 Å². The topological polar surface area (TPSA) is 89.1 Å². The third-order valence-electron chi connectivity index (χ3n) is 8.21. The number of halogens is 1. The summed E-state index contributed by atoms with van der Waals surface area (Å²) < 4.78 is 14.9. The van der Waals surface area contributed by atoms with E-state index in [0.717, 1.165) is 29.5 Å². The Kier molecular flexibility index (Phi) is 8.53. The number of nitrogens with one attached hydrogen (secondary N) is 1. The minimum Gasteiger partial charge on any atom is -0.333 e. The molecule has 0 spiro atoms. The number of hydrogen-bond donors (Lipinski definition) is 1. The Bertz CT molecular complexity index is 1570. The molecule has 2 fully saturated rings. The molecule has 11 heteroatoms. The molecule has 2 saturated heterocycles. The van der Waals surface area contributed by atoms with Crippen molar-refractivity contribution < 1.29 is 18.8 Å². The molecule has 1 aromatic heterocycles. The average molecular weight is 603 g/mol. The number of nitrogens with zero attached hydrogens (tertiary/aromatic N) is 5. The monoisotopic (exact) mass is 602 g/mol. The SMILES string of the molecule is CCCN(C(=O)NCC1=CCCC=C1)N1CC(=O)N2[C@@H](Cc3ccccc3)C(=O)N(Cc3ccc(F)c4scnc34)C[C@@H]21. The molecule has 0 saturated carbocycles. The van der Waals surface area contributed by atoms with Crippen molar-refractivity contribution in [2.75, 3.05) is 26.2 Å². The first-order valence-corrected chi connectivity index (χ1v) is 15.6. The van der Waals surface area contributed by atoms with Gasteiger partial charge in [-0.05, 0) is 42.0 Å². The van der Waals surface area contributed by atoms with E-state index in [1.165, 1.54) is 17.4 Å². The lowest BCUT2D eigenvalue weighted by atomic mass is 10.00. The zero-order valence-electron chi connectivity index (χ0n) is 24.1. The number of carbonyl (C=O) groups excluding carboxylic acids is 3. The number of amides is 4. The molecular formula is C32H35FN6O3S. The van der Waals surface area contributed by atoms with Crippen LogP contribution in [-0.4, -0.2) is 81.0 Å². The van der Waals surface area contributed by atoms with Gasteiger partial charge in [-0.25, -0.2) is 14.2 Å². The lowest BCUT2D eigenvalue weighted by Gasteiger charge is -2.46. The van der Waals surface area contributed by atoms with Crippen LogP contribution in [-0.2, 0) is 22.6 Å². The molecule has 2 atom stereocenters. The van der Waals surface area contributed by atoms with Crippen molar-refractivity contribution in [2.24, 2.45) is 0 Å². The molecule has 43 heavy (non-hydrogen) atoms. The number of aromatic nitrogens is 1. The zero-order chi connectivity index (χ0) is 29.9. The van der Waals surface area contributed by atoms with Gasteiger partial charge in [0, 0.05) is 26.1 Å². The minimum atomic E-state index is -0.742. The highest BCUT2D eigenvalue weighted by Crippen LogP contribution is 2.32. The van der Waals surface area contributed by atoms with E-state index in [1.807, 2.05) is 48.3 Å². The van der Waals surface area contributed by atoms with Gasteiger partial charge < -0.3 is 15.1 Å². The van der Waals surface area contributed by atoms with Gasteiger partial charge in [0.2, 0.25) is 11.8 Å². The zero-order valence-corrected chi connectivity index (χ0v) is 24.9. The molecule has 2 aliphatic heterocycles. The number of piperazine rings is 1. The average Bonchev–Trinajstić information content (AvgIpc) is 3.65. The molecule has 0 radical (unpaired) electrons. The van der Waals surface area contributed by atoms with Crippen molar-refractivity contribution in [3.05, 3.63) is 88.7 Å². The fourth-order valence-corrected chi connectivity index (χ4v) is 6.90. The molecule has 3 aliphatic rings. The number of urea groups is 1. The van der Waals surface area contributed by atoms with Gasteiger partial charge in [0.15, 0.2) is 0 Å². The first-order chi connectivity index (χ1) is 20.9. The van der Waals surface area contributed by atoms with E-state index < -0.39 is 12.2 Å². The van der Waals surface area contributed by atoms with Crippen molar-refractivity contribution >= 4 is 39.4 Å². The number of hydrogen-bond acceptors (Lipinski definition) is 6. The number of allylic oxidation sites excluding steroid dienone is 2. The van der Waals surface area contributed by atoms with E-state index in [9.17, 15) is 18.8 Å². The Hall–Kier alpha value is -4.09. The number of hydrazine groups is 1. The van der Waals surface area contributed by atoms with Gasteiger partial charge in [-0.3, -0.25) is 14.6 Å². The first-order valence-electron chi connectivity index (χ1n) is 14.8. The van der Waals surface area contributed by atoms with Crippen LogP contribution in [0.25, 0.3) is 10.2 Å². The van der Waals surface area contributed by atoms with E-state index in [1.54, 1.807) is 26.4 Å². The lowest BCUT2D eigenvalue weighted by molar-refractivity contribution is -0.157. The Morgan fingerprint density at radius 3 is 2.77 bits per heavy atom. The highest BCUT2D eigenvalue weighted by Gasteiger charge is 2.52. The van der Waals surface area contributed by atoms with Crippen LogP contribution in [0.15, 0.2) is 71.8 Å². The number of fused-ring (bicyclic) bond motifs is 2. The van der Waals surface area contributed by atoms with Crippen LogP contribution in [0.4, 0.5) is 9.18 Å². The standard InChI is InChI=1S/C32H35FN6O3S/c1-2-15-37(32(42)34-17-23-11-7-4-8-12-23)38-20-28(40)39-26(16-22-9-5-3-6-10-22)31(41)36(19-27(38)39)18-24-13-14-25(33)30-29(24)35-21-43-30/h3,5-7,9-14,21,26-27H,2,4,8,15-20H2,1H3,(H,34,42)/t26-,27+/m0/s1. The van der Waals surface area contributed by atoms with Crippen LogP contribution in [0.2, 0.25) is 0 Å². The largest absolute Gasteiger partial charge is 0.333 e. The molecule has 9 nitrogen and oxygen atoms in total. The number of rotatable bonds is 9. The second kappa shape index (κ2) is 12.6. The molecule has 1 aliphatic carbocycles. The number of carbonyl (C=O) groups is 3. The number of benzene rings is 2. The fraction of sp³-hybridized carbons (Fsp3) is 0.375. The van der Waals surface area contributed by atoms with Gasteiger partial charge in [0.25, 0.3) is 0 Å². The smallest absolute Gasteiger partial charge is 0.332 e. The summed E-state index contributed by atoms with van der Waals surface area (Å²) in [6, 6.07) is 11.7.